The summed E-state index contributed by atoms with van der Waals surface area (Å²) < 4.78 is 27.2. The number of benzene rings is 2. The van der Waals surface area contributed by atoms with E-state index in [2.05, 4.69) is 25.4 Å². The first kappa shape index (κ1) is 23.3. The van der Waals surface area contributed by atoms with Crippen LogP contribution in [-0.4, -0.2) is 33.2 Å². The van der Waals surface area contributed by atoms with Gasteiger partial charge in [-0.15, -0.1) is 10.2 Å². The molecule has 0 bridgehead atoms. The Bertz CT molecular complexity index is 1380. The van der Waals surface area contributed by atoms with E-state index in [-0.39, 0.29) is 18.1 Å². The molecule has 0 aliphatic carbocycles. The van der Waals surface area contributed by atoms with Gasteiger partial charge in [-0.3, -0.25) is 9.59 Å². The Hall–Kier alpha value is -4.47. The number of aromatic nitrogens is 3. The molecule has 10 heteroatoms. The summed E-state index contributed by atoms with van der Waals surface area (Å²) in [4.78, 5) is 24.7. The van der Waals surface area contributed by atoms with Crippen molar-refractivity contribution in [3.63, 3.8) is 0 Å². The number of halogens is 1. The van der Waals surface area contributed by atoms with Gasteiger partial charge in [0.05, 0.1) is 12.0 Å². The van der Waals surface area contributed by atoms with Crippen LogP contribution in [0.5, 0.6) is 5.75 Å². The number of ether oxygens (including phenoxy) is 1. The first-order valence-electron chi connectivity index (χ1n) is 11.7. The van der Waals surface area contributed by atoms with Crippen molar-refractivity contribution in [2.45, 2.75) is 32.2 Å². The molecule has 2 N–H and O–H groups in total. The predicted octanol–water partition coefficient (Wildman–Crippen LogP) is 4.67. The molecule has 1 aliphatic rings. The van der Waals surface area contributed by atoms with Crippen LogP contribution in [0.1, 0.15) is 35.6 Å². The van der Waals surface area contributed by atoms with Crippen LogP contribution in [0.25, 0.3) is 11.4 Å². The quantitative estimate of drug-likeness (QED) is 0.390. The second-order valence-corrected chi connectivity index (χ2v) is 8.39. The van der Waals surface area contributed by atoms with Crippen molar-refractivity contribution < 1.29 is 23.1 Å². The molecule has 0 spiro atoms. The Balaban J connectivity index is 1.22. The van der Waals surface area contributed by atoms with E-state index in [1.807, 2.05) is 0 Å². The number of rotatable bonds is 7. The first-order chi connectivity index (χ1) is 17.6. The highest BCUT2D eigenvalue weighted by Gasteiger charge is 2.18. The van der Waals surface area contributed by atoms with Crippen LogP contribution in [-0.2, 0) is 17.8 Å². The lowest BCUT2D eigenvalue weighted by atomic mass is 10.1. The van der Waals surface area contributed by atoms with Crippen LogP contribution in [0.2, 0.25) is 0 Å². The van der Waals surface area contributed by atoms with E-state index in [1.54, 1.807) is 48.5 Å². The summed E-state index contributed by atoms with van der Waals surface area (Å²) in [5.41, 5.74) is 1.18. The lowest BCUT2D eigenvalue weighted by Crippen LogP contribution is -2.21. The second kappa shape index (κ2) is 10.4. The number of amides is 2. The Kier molecular flexibility index (Phi) is 6.74. The molecule has 2 aromatic carbocycles. The zero-order chi connectivity index (χ0) is 24.9. The van der Waals surface area contributed by atoms with Crippen LogP contribution in [0.3, 0.4) is 0 Å². The molecule has 2 aromatic heterocycles. The topological polar surface area (TPSA) is 111 Å². The van der Waals surface area contributed by atoms with Gasteiger partial charge in [0.15, 0.2) is 18.2 Å². The van der Waals surface area contributed by atoms with Crippen molar-refractivity contribution in [2.24, 2.45) is 0 Å². The molecule has 5 rings (SSSR count). The van der Waals surface area contributed by atoms with Gasteiger partial charge in [0.2, 0.25) is 0 Å². The maximum Gasteiger partial charge on any atom is 0.291 e. The largest absolute Gasteiger partial charge is 0.484 e. The monoisotopic (exact) mass is 489 g/mol. The second-order valence-electron chi connectivity index (χ2n) is 8.39. The summed E-state index contributed by atoms with van der Waals surface area (Å²) in [6.45, 7) is 0.463. The molecule has 0 saturated carbocycles. The van der Waals surface area contributed by atoms with E-state index < -0.39 is 17.6 Å². The minimum Gasteiger partial charge on any atom is -0.484 e. The third-order valence-corrected chi connectivity index (χ3v) is 5.81. The smallest absolute Gasteiger partial charge is 0.291 e. The van der Waals surface area contributed by atoms with E-state index >= 15 is 0 Å². The maximum atomic E-state index is 14.5. The molecule has 0 fully saturated rings. The fourth-order valence-corrected chi connectivity index (χ4v) is 4.06. The van der Waals surface area contributed by atoms with E-state index in [1.165, 1.54) is 12.3 Å². The van der Waals surface area contributed by atoms with E-state index in [9.17, 15) is 14.0 Å². The van der Waals surface area contributed by atoms with E-state index in [0.29, 0.717) is 22.8 Å². The van der Waals surface area contributed by atoms with Gasteiger partial charge in [0.1, 0.15) is 17.4 Å². The van der Waals surface area contributed by atoms with Gasteiger partial charge in [-0.05, 0) is 55.3 Å². The fraction of sp³-hybridized carbons (Fsp3) is 0.231. The minimum absolute atomic E-state index is 0.0338. The number of aryl methyl sites for hydroxylation is 1. The molecule has 4 aromatic rings. The predicted molar refractivity (Wildman–Crippen MR) is 130 cm³/mol. The highest BCUT2D eigenvalue weighted by atomic mass is 19.1. The number of carbonyl (C=O) groups is 2. The van der Waals surface area contributed by atoms with Crippen molar-refractivity contribution in [3.05, 3.63) is 78.3 Å². The Morgan fingerprint density at radius 3 is 2.81 bits per heavy atom. The molecule has 0 atom stereocenters. The first-order valence-corrected chi connectivity index (χ1v) is 11.7. The van der Waals surface area contributed by atoms with Gasteiger partial charge < -0.3 is 24.4 Å². The van der Waals surface area contributed by atoms with Crippen LogP contribution in [0.4, 0.5) is 15.8 Å². The standard InChI is InChI=1S/C26H24FN5O4/c27-20-11-10-17(25-31-30-23-9-2-1-3-12-32(23)25)14-21(20)29-24(33)16-36-19-7-4-6-18(15-19)28-26(34)22-8-5-13-35-22/h4-8,10-11,13-15H,1-3,9,12,16H2,(H,28,34)(H,29,33). The number of nitrogens with one attached hydrogen (secondary N) is 2. The molecule has 0 saturated heterocycles. The maximum absolute atomic E-state index is 14.5. The summed E-state index contributed by atoms with van der Waals surface area (Å²) in [6.07, 6.45) is 5.51. The van der Waals surface area contributed by atoms with Crippen molar-refractivity contribution >= 4 is 23.2 Å². The third-order valence-electron chi connectivity index (χ3n) is 5.81. The number of fused-ring (bicyclic) bond motifs is 1. The number of carbonyl (C=O) groups excluding carboxylic acids is 2. The van der Waals surface area contributed by atoms with Crippen molar-refractivity contribution in [1.82, 2.24) is 14.8 Å². The Morgan fingerprint density at radius 2 is 1.94 bits per heavy atom. The SMILES string of the molecule is O=C(COc1cccc(NC(=O)c2ccco2)c1)Nc1cc(-c2nnc3n2CCCCC3)ccc1F. The van der Waals surface area contributed by atoms with Crippen LogP contribution in [0.15, 0.2) is 65.3 Å². The number of anilines is 2. The average Bonchev–Trinajstić information content (AvgIpc) is 3.50. The van der Waals surface area contributed by atoms with E-state index in [0.717, 1.165) is 38.1 Å². The number of nitrogens with zero attached hydrogens (tertiary/aromatic N) is 3. The van der Waals surface area contributed by atoms with Crippen LogP contribution < -0.4 is 15.4 Å². The summed E-state index contributed by atoms with van der Waals surface area (Å²) in [6, 6.07) is 14.2. The summed E-state index contributed by atoms with van der Waals surface area (Å²) in [5, 5.41) is 13.8. The molecule has 3 heterocycles. The number of hydrogen-bond donors (Lipinski definition) is 2. The van der Waals surface area contributed by atoms with Gasteiger partial charge in [-0.1, -0.05) is 12.5 Å². The molecular weight excluding hydrogens is 465 g/mol. The average molecular weight is 490 g/mol. The molecule has 2 amide bonds. The molecule has 0 unspecified atom stereocenters. The molecule has 184 valence electrons. The molecule has 0 radical (unpaired) electrons. The van der Waals surface area contributed by atoms with Gasteiger partial charge in [-0.25, -0.2) is 4.39 Å². The summed E-state index contributed by atoms with van der Waals surface area (Å²) >= 11 is 0. The molecular formula is C26H24FN5O4. The summed E-state index contributed by atoms with van der Waals surface area (Å²) in [5.74, 6) is 0.617. The normalized spacial score (nSPS) is 12.9. The lowest BCUT2D eigenvalue weighted by Gasteiger charge is -2.11. The van der Waals surface area contributed by atoms with Crippen molar-refractivity contribution in [2.75, 3.05) is 17.2 Å². The van der Waals surface area contributed by atoms with Gasteiger partial charge in [0, 0.05) is 30.3 Å². The Morgan fingerprint density at radius 1 is 1.03 bits per heavy atom. The highest BCUT2D eigenvalue weighted by molar-refractivity contribution is 6.02. The number of furan rings is 1. The zero-order valence-electron chi connectivity index (χ0n) is 19.4. The molecule has 36 heavy (non-hydrogen) atoms. The molecule has 1 aliphatic heterocycles. The van der Waals surface area contributed by atoms with Crippen molar-refractivity contribution in [3.8, 4) is 17.1 Å². The van der Waals surface area contributed by atoms with E-state index in [4.69, 9.17) is 9.15 Å². The molecule has 9 nitrogen and oxygen atoms in total. The van der Waals surface area contributed by atoms with Crippen LogP contribution in [0, 0.1) is 5.82 Å². The summed E-state index contributed by atoms with van der Waals surface area (Å²) in [7, 11) is 0. The van der Waals surface area contributed by atoms with Crippen LogP contribution >= 0.6 is 0 Å². The van der Waals surface area contributed by atoms with Gasteiger partial charge >= 0.3 is 0 Å². The van der Waals surface area contributed by atoms with Crippen molar-refractivity contribution in [1.29, 1.82) is 0 Å². The zero-order valence-corrected chi connectivity index (χ0v) is 19.4. The van der Waals surface area contributed by atoms with Gasteiger partial charge in [-0.2, -0.15) is 0 Å². The van der Waals surface area contributed by atoms with Gasteiger partial charge in [0.25, 0.3) is 11.8 Å². The fourth-order valence-electron chi connectivity index (χ4n) is 4.06. The third kappa shape index (κ3) is 5.27. The minimum atomic E-state index is -0.564. The lowest BCUT2D eigenvalue weighted by molar-refractivity contribution is -0.118. The number of hydrogen-bond acceptors (Lipinski definition) is 6. The highest BCUT2D eigenvalue weighted by Crippen LogP contribution is 2.27. The Labute approximate surface area is 206 Å².